The Morgan fingerprint density at radius 2 is 1.80 bits per heavy atom. The van der Waals surface area contributed by atoms with Crippen molar-refractivity contribution in [2.24, 2.45) is 0 Å². The summed E-state index contributed by atoms with van der Waals surface area (Å²) in [6, 6.07) is 16.7. The van der Waals surface area contributed by atoms with Crippen LogP contribution >= 0.6 is 0 Å². The Balaban J connectivity index is 1.72. The summed E-state index contributed by atoms with van der Waals surface area (Å²) in [5.41, 5.74) is 1.37. The largest absolute Gasteiger partial charge is 0.365 e. The van der Waals surface area contributed by atoms with Gasteiger partial charge in [-0.15, -0.1) is 0 Å². The highest BCUT2D eigenvalue weighted by Gasteiger charge is 2.28. The number of benzene rings is 2. The molecule has 3 aliphatic heterocycles. The van der Waals surface area contributed by atoms with Crippen molar-refractivity contribution in [3.8, 4) is 0 Å². The normalized spacial score (nSPS) is 27.3. The zero-order chi connectivity index (χ0) is 13.4. The quantitative estimate of drug-likeness (QED) is 0.795. The first kappa shape index (κ1) is 12.0. The molecule has 0 spiro atoms. The molecule has 2 bridgehead atoms. The fraction of sp³-hybridized carbons (Fsp3) is 0.333. The van der Waals surface area contributed by atoms with Crippen molar-refractivity contribution < 1.29 is 0 Å². The van der Waals surface area contributed by atoms with Crippen molar-refractivity contribution in [3.05, 3.63) is 54.6 Å². The lowest BCUT2D eigenvalue weighted by molar-refractivity contribution is 0.386. The summed E-state index contributed by atoms with van der Waals surface area (Å²) in [6.45, 7) is 2.22. The third-order valence-electron chi connectivity index (χ3n) is 4.56. The molecule has 1 N–H and O–H groups in total. The molecule has 2 unspecified atom stereocenters. The maximum Gasteiger partial charge on any atom is 0.0449 e. The van der Waals surface area contributed by atoms with Crippen LogP contribution in [-0.4, -0.2) is 25.2 Å². The molecule has 0 aromatic heterocycles. The zero-order valence-corrected chi connectivity index (χ0v) is 11.6. The number of piperazine rings is 1. The molecule has 3 heterocycles. The highest BCUT2D eigenvalue weighted by atomic mass is 15.2. The van der Waals surface area contributed by atoms with E-state index in [4.69, 9.17) is 0 Å². The van der Waals surface area contributed by atoms with E-state index in [9.17, 15) is 0 Å². The second-order valence-electron chi connectivity index (χ2n) is 5.89. The van der Waals surface area contributed by atoms with Gasteiger partial charge in [0.15, 0.2) is 0 Å². The van der Waals surface area contributed by atoms with E-state index < -0.39 is 0 Å². The van der Waals surface area contributed by atoms with Gasteiger partial charge in [-0.3, -0.25) is 0 Å². The Morgan fingerprint density at radius 3 is 2.75 bits per heavy atom. The van der Waals surface area contributed by atoms with Crippen LogP contribution in [0.15, 0.2) is 54.6 Å². The van der Waals surface area contributed by atoms with Crippen LogP contribution in [0.25, 0.3) is 10.8 Å². The van der Waals surface area contributed by atoms with Crippen molar-refractivity contribution in [3.63, 3.8) is 0 Å². The third-order valence-corrected chi connectivity index (χ3v) is 4.56. The van der Waals surface area contributed by atoms with Crippen molar-refractivity contribution in [2.45, 2.75) is 24.9 Å². The van der Waals surface area contributed by atoms with Gasteiger partial charge in [-0.05, 0) is 35.7 Å². The lowest BCUT2D eigenvalue weighted by Crippen LogP contribution is -2.57. The molecule has 2 atom stereocenters. The number of fused-ring (bicyclic) bond motifs is 5. The van der Waals surface area contributed by atoms with Crippen LogP contribution in [0.2, 0.25) is 0 Å². The molecule has 2 aromatic carbocycles. The highest BCUT2D eigenvalue weighted by Crippen LogP contribution is 2.27. The van der Waals surface area contributed by atoms with Gasteiger partial charge >= 0.3 is 0 Å². The van der Waals surface area contributed by atoms with Crippen LogP contribution in [-0.2, 0) is 0 Å². The van der Waals surface area contributed by atoms with Gasteiger partial charge in [0.2, 0.25) is 0 Å². The molecule has 20 heavy (non-hydrogen) atoms. The first-order valence-corrected chi connectivity index (χ1v) is 7.54. The van der Waals surface area contributed by atoms with Crippen molar-refractivity contribution >= 4 is 16.5 Å². The predicted molar refractivity (Wildman–Crippen MR) is 85.2 cm³/mol. The minimum Gasteiger partial charge on any atom is -0.365 e. The lowest BCUT2D eigenvalue weighted by Gasteiger charge is -2.42. The third kappa shape index (κ3) is 2.10. The Hall–Kier alpha value is -1.80. The number of hydrogen-bond acceptors (Lipinski definition) is 2. The second kappa shape index (κ2) is 4.95. The Labute approximate surface area is 120 Å². The molecule has 0 saturated carbocycles. The van der Waals surface area contributed by atoms with Crippen LogP contribution in [0, 0.1) is 0 Å². The number of hydrogen-bond donors (Lipinski definition) is 1. The van der Waals surface area contributed by atoms with Gasteiger partial charge in [0.1, 0.15) is 0 Å². The summed E-state index contributed by atoms with van der Waals surface area (Å²) >= 11 is 0. The summed E-state index contributed by atoms with van der Waals surface area (Å²) in [5.74, 6) is 0. The number of nitrogens with zero attached hydrogens (tertiary/aromatic N) is 1. The fourth-order valence-electron chi connectivity index (χ4n) is 3.42. The first-order chi connectivity index (χ1) is 9.90. The van der Waals surface area contributed by atoms with E-state index in [1.165, 1.54) is 16.5 Å². The smallest absolute Gasteiger partial charge is 0.0449 e. The number of nitrogens with one attached hydrogen (secondary N) is 1. The van der Waals surface area contributed by atoms with Crippen molar-refractivity contribution in [1.82, 2.24) is 5.32 Å². The Morgan fingerprint density at radius 1 is 0.950 bits per heavy atom. The molecular weight excluding hydrogens is 244 g/mol. The van der Waals surface area contributed by atoms with Crippen LogP contribution in [0.1, 0.15) is 12.8 Å². The molecule has 102 valence electrons. The molecule has 2 nitrogen and oxygen atoms in total. The van der Waals surface area contributed by atoms with Crippen molar-refractivity contribution in [2.75, 3.05) is 18.0 Å². The standard InChI is InChI=1S/C18H20N2/c1-2-6-15-11-17(10-9-14(15)5-1)20-13-16-7-3-4-8-18(20)12-19-16/h1-6,9-11,16,18-19H,7-8,12-13H2/b4-3-. The molecule has 0 aliphatic carbocycles. The first-order valence-electron chi connectivity index (χ1n) is 7.54. The van der Waals surface area contributed by atoms with Gasteiger partial charge in [-0.2, -0.15) is 0 Å². The van der Waals surface area contributed by atoms with Gasteiger partial charge in [0.25, 0.3) is 0 Å². The second-order valence-corrected chi connectivity index (χ2v) is 5.89. The van der Waals surface area contributed by atoms with Gasteiger partial charge in [0, 0.05) is 30.9 Å². The molecule has 1 fully saturated rings. The van der Waals surface area contributed by atoms with Gasteiger partial charge in [0.05, 0.1) is 0 Å². The van der Waals surface area contributed by atoms with Crippen molar-refractivity contribution in [1.29, 1.82) is 0 Å². The Bertz CT molecular complexity index is 647. The van der Waals surface area contributed by atoms with Crippen LogP contribution in [0.5, 0.6) is 0 Å². The molecule has 0 radical (unpaired) electrons. The SMILES string of the molecule is C1=C\CC2CNC(C/1)CN2c1ccc2ccccc2c1. The van der Waals surface area contributed by atoms with E-state index in [1.54, 1.807) is 0 Å². The number of rotatable bonds is 1. The summed E-state index contributed by atoms with van der Waals surface area (Å²) < 4.78 is 0. The zero-order valence-electron chi connectivity index (χ0n) is 11.6. The highest BCUT2D eigenvalue weighted by molar-refractivity contribution is 5.86. The molecule has 2 aromatic rings. The summed E-state index contributed by atoms with van der Waals surface area (Å²) in [6.07, 6.45) is 6.98. The summed E-state index contributed by atoms with van der Waals surface area (Å²) in [5, 5.41) is 6.33. The molecule has 3 aliphatic rings. The van der Waals surface area contributed by atoms with Gasteiger partial charge in [-0.1, -0.05) is 42.5 Å². The minimum atomic E-state index is 0.587. The topological polar surface area (TPSA) is 15.3 Å². The van der Waals surface area contributed by atoms with Crippen LogP contribution in [0.4, 0.5) is 5.69 Å². The fourth-order valence-corrected chi connectivity index (χ4v) is 3.42. The Kier molecular flexibility index (Phi) is 2.96. The van der Waals surface area contributed by atoms with E-state index in [0.717, 1.165) is 25.9 Å². The van der Waals surface area contributed by atoms with E-state index in [1.807, 2.05) is 0 Å². The summed E-state index contributed by atoms with van der Waals surface area (Å²) in [7, 11) is 0. The average molecular weight is 264 g/mol. The van der Waals surface area contributed by atoms with Gasteiger partial charge in [-0.25, -0.2) is 0 Å². The average Bonchev–Trinajstić information content (AvgIpc) is 2.47. The van der Waals surface area contributed by atoms with Crippen LogP contribution in [0.3, 0.4) is 0 Å². The summed E-state index contributed by atoms with van der Waals surface area (Å²) in [4.78, 5) is 2.59. The molecular formula is C18H20N2. The van der Waals surface area contributed by atoms with E-state index in [-0.39, 0.29) is 0 Å². The molecule has 0 amide bonds. The van der Waals surface area contributed by atoms with E-state index in [2.05, 4.69) is 64.8 Å². The van der Waals surface area contributed by atoms with Crippen LogP contribution < -0.4 is 10.2 Å². The maximum atomic E-state index is 3.67. The molecule has 1 saturated heterocycles. The molecule has 5 rings (SSSR count). The van der Waals surface area contributed by atoms with Gasteiger partial charge < -0.3 is 10.2 Å². The molecule has 2 heteroatoms. The monoisotopic (exact) mass is 264 g/mol. The van der Waals surface area contributed by atoms with E-state index >= 15 is 0 Å². The predicted octanol–water partition coefficient (Wildman–Crippen LogP) is 3.34. The maximum absolute atomic E-state index is 3.67. The lowest BCUT2D eigenvalue weighted by atomic mass is 9.98. The van der Waals surface area contributed by atoms with E-state index in [0.29, 0.717) is 12.1 Å². The minimum absolute atomic E-state index is 0.587. The number of anilines is 1.